The Hall–Kier alpha value is -1.64. The first kappa shape index (κ1) is 14.3. The fourth-order valence-corrected chi connectivity index (χ4v) is 3.10. The van der Waals surface area contributed by atoms with E-state index < -0.39 is 0 Å². The molecule has 110 valence electrons. The Kier molecular flexibility index (Phi) is 4.37. The number of likely N-dealkylation sites (tertiary alicyclic amines) is 1. The minimum atomic E-state index is 0.397. The average Bonchev–Trinajstić information content (AvgIpc) is 2.50. The number of aryl methyl sites for hydroxylation is 1. The zero-order valence-electron chi connectivity index (χ0n) is 12.8. The molecule has 1 heterocycles. The Morgan fingerprint density at radius 3 is 2.57 bits per heavy atom. The van der Waals surface area contributed by atoms with Crippen molar-refractivity contribution in [2.75, 3.05) is 13.1 Å². The van der Waals surface area contributed by atoms with E-state index in [-0.39, 0.29) is 0 Å². The Morgan fingerprint density at radius 2 is 1.81 bits per heavy atom. The highest BCUT2D eigenvalue weighted by molar-refractivity contribution is 5.67. The van der Waals surface area contributed by atoms with Crippen LogP contribution in [0.15, 0.2) is 48.5 Å². The van der Waals surface area contributed by atoms with Gasteiger partial charge in [0.15, 0.2) is 0 Å². The minimum Gasteiger partial charge on any atom is -0.328 e. The first-order valence-corrected chi connectivity index (χ1v) is 7.85. The molecule has 2 aromatic rings. The van der Waals surface area contributed by atoms with Gasteiger partial charge in [-0.1, -0.05) is 54.1 Å². The van der Waals surface area contributed by atoms with Crippen molar-refractivity contribution < 1.29 is 0 Å². The van der Waals surface area contributed by atoms with Crippen molar-refractivity contribution in [3.63, 3.8) is 0 Å². The maximum Gasteiger partial charge on any atom is 0.0239 e. The number of hydrogen-bond donors (Lipinski definition) is 1. The lowest BCUT2D eigenvalue weighted by atomic mass is 9.97. The summed E-state index contributed by atoms with van der Waals surface area (Å²) in [6.07, 6.45) is 2.24. The summed E-state index contributed by atoms with van der Waals surface area (Å²) >= 11 is 0. The molecule has 0 saturated carbocycles. The van der Waals surface area contributed by atoms with Gasteiger partial charge in [0.05, 0.1) is 0 Å². The normalized spacial score (nSPS) is 17.0. The lowest BCUT2D eigenvalue weighted by Gasteiger charge is -2.30. The zero-order chi connectivity index (χ0) is 14.7. The van der Waals surface area contributed by atoms with Crippen LogP contribution < -0.4 is 5.73 Å². The monoisotopic (exact) mass is 280 g/mol. The molecular formula is C19H24N2. The predicted molar refractivity (Wildman–Crippen MR) is 89.1 cm³/mol. The SMILES string of the molecule is Cc1cccc(-c2ccccc2CN2CCC(N)CC2)c1. The van der Waals surface area contributed by atoms with E-state index >= 15 is 0 Å². The maximum absolute atomic E-state index is 6.00. The quantitative estimate of drug-likeness (QED) is 0.931. The Morgan fingerprint density at radius 1 is 1.05 bits per heavy atom. The molecule has 0 spiro atoms. The van der Waals surface area contributed by atoms with Crippen LogP contribution in [-0.2, 0) is 6.54 Å². The lowest BCUT2D eigenvalue weighted by molar-refractivity contribution is 0.206. The molecule has 2 aromatic carbocycles. The second-order valence-electron chi connectivity index (χ2n) is 6.14. The highest BCUT2D eigenvalue weighted by atomic mass is 15.1. The van der Waals surface area contributed by atoms with Crippen LogP contribution >= 0.6 is 0 Å². The van der Waals surface area contributed by atoms with Gasteiger partial charge in [0.25, 0.3) is 0 Å². The molecular weight excluding hydrogens is 256 g/mol. The van der Waals surface area contributed by atoms with E-state index in [0.29, 0.717) is 6.04 Å². The summed E-state index contributed by atoms with van der Waals surface area (Å²) in [5.74, 6) is 0. The topological polar surface area (TPSA) is 29.3 Å². The van der Waals surface area contributed by atoms with E-state index in [1.165, 1.54) is 22.3 Å². The van der Waals surface area contributed by atoms with Crippen LogP contribution in [0.2, 0.25) is 0 Å². The van der Waals surface area contributed by atoms with Crippen LogP contribution in [0.4, 0.5) is 0 Å². The van der Waals surface area contributed by atoms with Crippen LogP contribution in [0, 0.1) is 6.92 Å². The molecule has 0 radical (unpaired) electrons. The molecule has 3 rings (SSSR count). The van der Waals surface area contributed by atoms with Crippen LogP contribution in [0.1, 0.15) is 24.0 Å². The first-order chi connectivity index (χ1) is 10.2. The standard InChI is InChI=1S/C19H24N2/c1-15-5-4-7-16(13-15)19-8-3-2-6-17(19)14-21-11-9-18(20)10-12-21/h2-8,13,18H,9-12,14,20H2,1H3. The molecule has 0 atom stereocenters. The van der Waals surface area contributed by atoms with Gasteiger partial charge in [0.1, 0.15) is 0 Å². The number of nitrogens with two attached hydrogens (primary N) is 1. The molecule has 0 aromatic heterocycles. The Balaban J connectivity index is 1.83. The van der Waals surface area contributed by atoms with Crippen molar-refractivity contribution in [1.29, 1.82) is 0 Å². The number of nitrogens with zero attached hydrogens (tertiary/aromatic N) is 1. The Bertz CT molecular complexity index is 598. The summed E-state index contributed by atoms with van der Waals surface area (Å²) in [5.41, 5.74) is 11.4. The van der Waals surface area contributed by atoms with Crippen LogP contribution in [-0.4, -0.2) is 24.0 Å². The van der Waals surface area contributed by atoms with Crippen molar-refractivity contribution >= 4 is 0 Å². The van der Waals surface area contributed by atoms with Gasteiger partial charge in [-0.15, -0.1) is 0 Å². The van der Waals surface area contributed by atoms with Crippen LogP contribution in [0.25, 0.3) is 11.1 Å². The molecule has 1 aliphatic heterocycles. The molecule has 1 aliphatic rings. The van der Waals surface area contributed by atoms with E-state index in [2.05, 4.69) is 60.4 Å². The van der Waals surface area contributed by atoms with Gasteiger partial charge in [-0.3, -0.25) is 4.90 Å². The third kappa shape index (κ3) is 3.52. The Labute approximate surface area is 127 Å². The van der Waals surface area contributed by atoms with Gasteiger partial charge in [0.2, 0.25) is 0 Å². The van der Waals surface area contributed by atoms with E-state index in [1.54, 1.807) is 0 Å². The summed E-state index contributed by atoms with van der Waals surface area (Å²) in [6, 6.07) is 17.9. The van der Waals surface area contributed by atoms with Gasteiger partial charge in [-0.25, -0.2) is 0 Å². The van der Waals surface area contributed by atoms with Gasteiger partial charge < -0.3 is 5.73 Å². The molecule has 0 unspecified atom stereocenters. The van der Waals surface area contributed by atoms with E-state index in [4.69, 9.17) is 5.73 Å². The van der Waals surface area contributed by atoms with Gasteiger partial charge in [-0.2, -0.15) is 0 Å². The highest BCUT2D eigenvalue weighted by Crippen LogP contribution is 2.26. The largest absolute Gasteiger partial charge is 0.328 e. The maximum atomic E-state index is 6.00. The van der Waals surface area contributed by atoms with Crippen LogP contribution in [0.5, 0.6) is 0 Å². The molecule has 1 saturated heterocycles. The van der Waals surface area contributed by atoms with Gasteiger partial charge in [0, 0.05) is 12.6 Å². The summed E-state index contributed by atoms with van der Waals surface area (Å²) in [6.45, 7) is 5.40. The lowest BCUT2D eigenvalue weighted by Crippen LogP contribution is -2.39. The third-order valence-electron chi connectivity index (χ3n) is 4.37. The number of piperidine rings is 1. The van der Waals surface area contributed by atoms with Crippen molar-refractivity contribution in [2.45, 2.75) is 32.4 Å². The number of rotatable bonds is 3. The molecule has 1 fully saturated rings. The van der Waals surface area contributed by atoms with E-state index in [1.807, 2.05) is 0 Å². The second-order valence-corrected chi connectivity index (χ2v) is 6.14. The molecule has 0 aliphatic carbocycles. The fraction of sp³-hybridized carbons (Fsp3) is 0.368. The second kappa shape index (κ2) is 6.42. The molecule has 0 amide bonds. The number of benzene rings is 2. The summed E-state index contributed by atoms with van der Waals surface area (Å²) < 4.78 is 0. The predicted octanol–water partition coefficient (Wildman–Crippen LogP) is 3.59. The smallest absolute Gasteiger partial charge is 0.0239 e. The third-order valence-corrected chi connectivity index (χ3v) is 4.37. The molecule has 2 heteroatoms. The van der Waals surface area contributed by atoms with E-state index in [0.717, 1.165) is 32.5 Å². The van der Waals surface area contributed by atoms with Crippen LogP contribution in [0.3, 0.4) is 0 Å². The fourth-order valence-electron chi connectivity index (χ4n) is 3.10. The highest BCUT2D eigenvalue weighted by Gasteiger charge is 2.17. The van der Waals surface area contributed by atoms with E-state index in [9.17, 15) is 0 Å². The molecule has 21 heavy (non-hydrogen) atoms. The van der Waals surface area contributed by atoms with Crippen molar-refractivity contribution in [2.24, 2.45) is 5.73 Å². The summed E-state index contributed by atoms with van der Waals surface area (Å²) in [7, 11) is 0. The zero-order valence-corrected chi connectivity index (χ0v) is 12.8. The molecule has 2 N–H and O–H groups in total. The van der Waals surface area contributed by atoms with Gasteiger partial charge in [-0.05, 0) is 49.5 Å². The van der Waals surface area contributed by atoms with Crippen molar-refractivity contribution in [1.82, 2.24) is 4.90 Å². The minimum absolute atomic E-state index is 0.397. The first-order valence-electron chi connectivity index (χ1n) is 7.85. The van der Waals surface area contributed by atoms with Crippen molar-refractivity contribution in [3.8, 4) is 11.1 Å². The average molecular weight is 280 g/mol. The summed E-state index contributed by atoms with van der Waals surface area (Å²) in [4.78, 5) is 2.53. The molecule has 2 nitrogen and oxygen atoms in total. The number of hydrogen-bond acceptors (Lipinski definition) is 2. The van der Waals surface area contributed by atoms with Crippen molar-refractivity contribution in [3.05, 3.63) is 59.7 Å². The molecule has 0 bridgehead atoms. The summed E-state index contributed by atoms with van der Waals surface area (Å²) in [5, 5.41) is 0. The van der Waals surface area contributed by atoms with Gasteiger partial charge >= 0.3 is 0 Å².